The van der Waals surface area contributed by atoms with Crippen LogP contribution in [-0.2, 0) is 14.8 Å². The lowest BCUT2D eigenvalue weighted by molar-refractivity contribution is -0.126. The van der Waals surface area contributed by atoms with E-state index in [2.05, 4.69) is 5.32 Å². The molecule has 1 fully saturated rings. The van der Waals surface area contributed by atoms with E-state index >= 15 is 0 Å². The molecule has 0 bridgehead atoms. The number of amides is 1. The summed E-state index contributed by atoms with van der Waals surface area (Å²) < 4.78 is 38.1. The van der Waals surface area contributed by atoms with E-state index in [1.54, 1.807) is 31.4 Å². The molecule has 0 radical (unpaired) electrons. The van der Waals surface area contributed by atoms with Gasteiger partial charge in [0.25, 0.3) is 0 Å². The summed E-state index contributed by atoms with van der Waals surface area (Å²) in [5.41, 5.74) is 0.911. The summed E-state index contributed by atoms with van der Waals surface area (Å²) in [4.78, 5) is 13.0. The third kappa shape index (κ3) is 5.37. The maximum absolute atomic E-state index is 12.9. The number of hydrogen-bond acceptors (Lipinski definition) is 5. The summed E-state index contributed by atoms with van der Waals surface area (Å²) in [6, 6.07) is 13.8. The number of carbonyl (C=O) groups is 1. The average Bonchev–Trinajstić information content (AvgIpc) is 2.79. The van der Waals surface area contributed by atoms with Crippen molar-refractivity contribution in [1.82, 2.24) is 9.62 Å². The molecule has 31 heavy (non-hydrogen) atoms. The van der Waals surface area contributed by atoms with E-state index in [0.29, 0.717) is 38.3 Å². The van der Waals surface area contributed by atoms with Gasteiger partial charge < -0.3 is 14.8 Å². The van der Waals surface area contributed by atoms with Gasteiger partial charge in [-0.2, -0.15) is 4.31 Å². The number of nitrogens with zero attached hydrogens (tertiary/aromatic N) is 1. The van der Waals surface area contributed by atoms with Gasteiger partial charge in [0.1, 0.15) is 11.5 Å². The van der Waals surface area contributed by atoms with Crippen LogP contribution in [0.5, 0.6) is 11.5 Å². The Bertz CT molecular complexity index is 983. The highest BCUT2D eigenvalue weighted by molar-refractivity contribution is 7.89. The number of hydrogen-bond donors (Lipinski definition) is 1. The van der Waals surface area contributed by atoms with Gasteiger partial charge in [0.05, 0.1) is 24.7 Å². The fourth-order valence-electron chi connectivity index (χ4n) is 3.82. The first-order chi connectivity index (χ1) is 14.9. The molecule has 1 saturated heterocycles. The predicted octanol–water partition coefficient (Wildman–Crippen LogP) is 3.37. The molecule has 0 spiro atoms. The quantitative estimate of drug-likeness (QED) is 0.672. The molecule has 7 nitrogen and oxygen atoms in total. The molecule has 2 aromatic carbocycles. The molecule has 1 N–H and O–H groups in total. The standard InChI is InChI=1S/C23H30N2O5S/c1-4-30-19-9-11-20(12-10-19)31(27,28)25-15-13-18(14-16-25)23(26)24-17(2)21-7-5-6-8-22(21)29-3/h5-12,17-18H,4,13-16H2,1-3H3,(H,24,26). The van der Waals surface area contributed by atoms with Crippen molar-refractivity contribution < 1.29 is 22.7 Å². The third-order valence-electron chi connectivity index (χ3n) is 5.56. The highest BCUT2D eigenvalue weighted by Gasteiger charge is 2.32. The Morgan fingerprint density at radius 3 is 2.39 bits per heavy atom. The maximum Gasteiger partial charge on any atom is 0.243 e. The molecule has 1 unspecified atom stereocenters. The summed E-state index contributed by atoms with van der Waals surface area (Å²) in [5.74, 6) is 1.09. The van der Waals surface area contributed by atoms with E-state index in [1.165, 1.54) is 4.31 Å². The minimum atomic E-state index is -3.59. The monoisotopic (exact) mass is 446 g/mol. The van der Waals surface area contributed by atoms with Gasteiger partial charge in [-0.15, -0.1) is 0 Å². The van der Waals surface area contributed by atoms with E-state index < -0.39 is 10.0 Å². The molecule has 3 rings (SSSR count). The summed E-state index contributed by atoms with van der Waals surface area (Å²) in [6.45, 7) is 4.95. The number of piperidine rings is 1. The van der Waals surface area contributed by atoms with Gasteiger partial charge in [-0.1, -0.05) is 18.2 Å². The van der Waals surface area contributed by atoms with Crippen molar-refractivity contribution in [2.75, 3.05) is 26.8 Å². The summed E-state index contributed by atoms with van der Waals surface area (Å²) in [5, 5.41) is 3.04. The zero-order chi connectivity index (χ0) is 22.4. The number of methoxy groups -OCH3 is 1. The number of ether oxygens (including phenoxy) is 2. The lowest BCUT2D eigenvalue weighted by Gasteiger charge is -2.31. The number of sulfonamides is 1. The van der Waals surface area contributed by atoms with Crippen LogP contribution < -0.4 is 14.8 Å². The summed E-state index contributed by atoms with van der Waals surface area (Å²) >= 11 is 0. The van der Waals surface area contributed by atoms with Crippen molar-refractivity contribution in [1.29, 1.82) is 0 Å². The van der Waals surface area contributed by atoms with Gasteiger partial charge in [0.15, 0.2) is 0 Å². The fraction of sp³-hybridized carbons (Fsp3) is 0.435. The van der Waals surface area contributed by atoms with Crippen LogP contribution in [-0.4, -0.2) is 45.4 Å². The molecular formula is C23H30N2O5S. The molecule has 1 amide bonds. The number of para-hydroxylation sites is 1. The first kappa shape index (κ1) is 23.1. The van der Waals surface area contributed by atoms with Gasteiger partial charge in [-0.3, -0.25) is 4.79 Å². The van der Waals surface area contributed by atoms with Crippen molar-refractivity contribution in [3.05, 3.63) is 54.1 Å². The van der Waals surface area contributed by atoms with E-state index in [9.17, 15) is 13.2 Å². The Hall–Kier alpha value is -2.58. The van der Waals surface area contributed by atoms with Crippen molar-refractivity contribution >= 4 is 15.9 Å². The summed E-state index contributed by atoms with van der Waals surface area (Å²) in [6.07, 6.45) is 0.974. The topological polar surface area (TPSA) is 84.9 Å². The van der Waals surface area contributed by atoms with Crippen LogP contribution in [0.2, 0.25) is 0 Å². The van der Waals surface area contributed by atoms with E-state index in [0.717, 1.165) is 11.3 Å². The predicted molar refractivity (Wildman–Crippen MR) is 119 cm³/mol. The maximum atomic E-state index is 12.9. The molecule has 1 atom stereocenters. The zero-order valence-corrected chi connectivity index (χ0v) is 19.0. The first-order valence-electron chi connectivity index (χ1n) is 10.5. The van der Waals surface area contributed by atoms with Crippen molar-refractivity contribution in [2.45, 2.75) is 37.6 Å². The van der Waals surface area contributed by atoms with Crippen molar-refractivity contribution in [2.24, 2.45) is 5.92 Å². The van der Waals surface area contributed by atoms with Crippen LogP contribution in [0.1, 0.15) is 38.3 Å². The Labute approximate surface area is 184 Å². The number of carbonyl (C=O) groups excluding carboxylic acids is 1. The van der Waals surface area contributed by atoms with Crippen LogP contribution >= 0.6 is 0 Å². The Kier molecular flexibility index (Phi) is 7.56. The molecule has 168 valence electrons. The van der Waals surface area contributed by atoms with E-state index in [-0.39, 0.29) is 22.8 Å². The van der Waals surface area contributed by atoms with Crippen LogP contribution in [0.15, 0.2) is 53.4 Å². The highest BCUT2D eigenvalue weighted by atomic mass is 32.2. The minimum absolute atomic E-state index is 0.0588. The zero-order valence-electron chi connectivity index (χ0n) is 18.2. The molecule has 8 heteroatoms. The van der Waals surface area contributed by atoms with Crippen LogP contribution in [0.3, 0.4) is 0 Å². The SMILES string of the molecule is CCOc1ccc(S(=O)(=O)N2CCC(C(=O)NC(C)c3ccccc3OC)CC2)cc1. The highest BCUT2D eigenvalue weighted by Crippen LogP contribution is 2.28. The molecule has 1 heterocycles. The Morgan fingerprint density at radius 2 is 1.77 bits per heavy atom. The number of rotatable bonds is 8. The summed E-state index contributed by atoms with van der Waals surface area (Å²) in [7, 11) is -1.98. The van der Waals surface area contributed by atoms with E-state index in [1.807, 2.05) is 38.1 Å². The average molecular weight is 447 g/mol. The molecule has 0 saturated carbocycles. The van der Waals surface area contributed by atoms with Gasteiger partial charge in [0.2, 0.25) is 15.9 Å². The van der Waals surface area contributed by atoms with Gasteiger partial charge in [-0.05, 0) is 57.0 Å². The molecular weight excluding hydrogens is 416 g/mol. The first-order valence-corrected chi connectivity index (χ1v) is 12.0. The third-order valence-corrected chi connectivity index (χ3v) is 7.47. The van der Waals surface area contributed by atoms with Gasteiger partial charge >= 0.3 is 0 Å². The molecule has 1 aliphatic rings. The molecule has 2 aromatic rings. The fourth-order valence-corrected chi connectivity index (χ4v) is 5.28. The van der Waals surface area contributed by atoms with Crippen LogP contribution in [0, 0.1) is 5.92 Å². The Balaban J connectivity index is 1.58. The van der Waals surface area contributed by atoms with Gasteiger partial charge in [-0.25, -0.2) is 8.42 Å². The van der Waals surface area contributed by atoms with Crippen molar-refractivity contribution in [3.63, 3.8) is 0 Å². The molecule has 0 aromatic heterocycles. The lowest BCUT2D eigenvalue weighted by atomic mass is 9.96. The van der Waals surface area contributed by atoms with Crippen molar-refractivity contribution in [3.8, 4) is 11.5 Å². The minimum Gasteiger partial charge on any atom is -0.496 e. The second kappa shape index (κ2) is 10.2. The molecule has 0 aliphatic carbocycles. The molecule has 1 aliphatic heterocycles. The van der Waals surface area contributed by atoms with Crippen LogP contribution in [0.25, 0.3) is 0 Å². The number of benzene rings is 2. The Morgan fingerprint density at radius 1 is 1.13 bits per heavy atom. The largest absolute Gasteiger partial charge is 0.496 e. The van der Waals surface area contributed by atoms with E-state index in [4.69, 9.17) is 9.47 Å². The second-order valence-corrected chi connectivity index (χ2v) is 9.49. The normalized spacial score (nSPS) is 16.5. The second-order valence-electron chi connectivity index (χ2n) is 7.56. The lowest BCUT2D eigenvalue weighted by Crippen LogP contribution is -2.43. The van der Waals surface area contributed by atoms with Gasteiger partial charge in [0, 0.05) is 24.6 Å². The van der Waals surface area contributed by atoms with Crippen LogP contribution in [0.4, 0.5) is 0 Å². The number of nitrogens with one attached hydrogen (secondary N) is 1. The smallest absolute Gasteiger partial charge is 0.243 e.